The summed E-state index contributed by atoms with van der Waals surface area (Å²) in [6, 6.07) is 3.20. The molecule has 1 fully saturated rings. The minimum absolute atomic E-state index is 0.168. The summed E-state index contributed by atoms with van der Waals surface area (Å²) < 4.78 is 0. The van der Waals surface area contributed by atoms with E-state index >= 15 is 0 Å². The molecule has 1 saturated carbocycles. The van der Waals surface area contributed by atoms with Gasteiger partial charge in [0, 0.05) is 12.7 Å². The van der Waals surface area contributed by atoms with E-state index in [1.165, 1.54) is 6.20 Å². The molecule has 1 aliphatic carbocycles. The average Bonchev–Trinajstić information content (AvgIpc) is 2.73. The smallest absolute Gasteiger partial charge is 0.306 e. The number of aliphatic carboxylic acids is 1. The van der Waals surface area contributed by atoms with Crippen molar-refractivity contribution in [2.24, 2.45) is 11.8 Å². The van der Waals surface area contributed by atoms with E-state index in [0.717, 1.165) is 24.2 Å². The summed E-state index contributed by atoms with van der Waals surface area (Å²) in [5, 5.41) is 9.29. The molecule has 0 spiro atoms. The molecule has 1 aromatic rings. The molecule has 110 valence electrons. The van der Waals surface area contributed by atoms with Crippen molar-refractivity contribution in [3.05, 3.63) is 29.6 Å². The lowest BCUT2D eigenvalue weighted by Gasteiger charge is -2.30. The molecule has 6 nitrogen and oxygen atoms in total. The Morgan fingerprint density at radius 1 is 1.29 bits per heavy atom. The second-order valence-corrected chi connectivity index (χ2v) is 5.61. The number of imide groups is 1. The molecule has 0 radical (unpaired) electrons. The van der Waals surface area contributed by atoms with Crippen LogP contribution in [0.15, 0.2) is 18.3 Å². The van der Waals surface area contributed by atoms with Crippen LogP contribution in [0.4, 0.5) is 0 Å². The fourth-order valence-electron chi connectivity index (χ4n) is 3.27. The van der Waals surface area contributed by atoms with E-state index in [2.05, 4.69) is 4.98 Å². The number of hydrogen-bond donors (Lipinski definition) is 1. The van der Waals surface area contributed by atoms with E-state index in [0.29, 0.717) is 12.0 Å². The van der Waals surface area contributed by atoms with Gasteiger partial charge in [0.25, 0.3) is 11.8 Å². The van der Waals surface area contributed by atoms with Crippen LogP contribution in [0.1, 0.15) is 46.5 Å². The van der Waals surface area contributed by atoms with Gasteiger partial charge in [-0.15, -0.1) is 0 Å². The van der Waals surface area contributed by atoms with Crippen LogP contribution in [-0.4, -0.2) is 39.3 Å². The van der Waals surface area contributed by atoms with Gasteiger partial charge in [0.15, 0.2) is 0 Å². The average molecular weight is 288 g/mol. The predicted molar refractivity (Wildman–Crippen MR) is 72.7 cm³/mol. The molecule has 2 unspecified atom stereocenters. The molecule has 2 heterocycles. The SMILES string of the molecule is O=C(O)C1CCCCC1CN1C(=O)c2cccnc2C1=O. The largest absolute Gasteiger partial charge is 0.481 e. The number of pyridine rings is 1. The Bertz CT molecular complexity index is 578. The second-order valence-electron chi connectivity index (χ2n) is 5.61. The van der Waals surface area contributed by atoms with Gasteiger partial charge in [0.2, 0.25) is 0 Å². The van der Waals surface area contributed by atoms with Crippen molar-refractivity contribution in [1.29, 1.82) is 0 Å². The summed E-state index contributed by atoms with van der Waals surface area (Å²) in [6.07, 6.45) is 4.65. The van der Waals surface area contributed by atoms with Gasteiger partial charge in [-0.1, -0.05) is 12.8 Å². The number of carboxylic acid groups (broad SMARTS) is 1. The van der Waals surface area contributed by atoms with E-state index < -0.39 is 17.8 Å². The molecule has 2 amide bonds. The third-order valence-corrected chi connectivity index (χ3v) is 4.37. The van der Waals surface area contributed by atoms with Crippen LogP contribution < -0.4 is 0 Å². The summed E-state index contributed by atoms with van der Waals surface area (Å²) in [7, 11) is 0. The molecule has 1 N–H and O–H groups in total. The molecular weight excluding hydrogens is 272 g/mol. The third kappa shape index (κ3) is 2.30. The van der Waals surface area contributed by atoms with Crippen LogP contribution in [0.3, 0.4) is 0 Å². The van der Waals surface area contributed by atoms with Gasteiger partial charge in [-0.05, 0) is 30.9 Å². The van der Waals surface area contributed by atoms with Crippen molar-refractivity contribution in [2.45, 2.75) is 25.7 Å². The van der Waals surface area contributed by atoms with E-state index in [9.17, 15) is 19.5 Å². The Kier molecular flexibility index (Phi) is 3.45. The minimum atomic E-state index is -0.838. The van der Waals surface area contributed by atoms with Gasteiger partial charge in [-0.2, -0.15) is 0 Å². The summed E-state index contributed by atoms with van der Waals surface area (Å²) in [5.41, 5.74) is 0.482. The monoisotopic (exact) mass is 288 g/mol. The Balaban J connectivity index is 1.81. The minimum Gasteiger partial charge on any atom is -0.481 e. The number of amides is 2. The standard InChI is InChI=1S/C15H16N2O4/c18-13-11-6-3-7-16-12(11)14(19)17(13)8-9-4-1-2-5-10(9)15(20)21/h3,6-7,9-10H,1-2,4-5,8H2,(H,20,21). The van der Waals surface area contributed by atoms with Gasteiger partial charge in [-0.25, -0.2) is 0 Å². The highest BCUT2D eigenvalue weighted by molar-refractivity contribution is 6.20. The van der Waals surface area contributed by atoms with E-state index in [4.69, 9.17) is 0 Å². The molecule has 0 aromatic carbocycles. The van der Waals surface area contributed by atoms with Crippen molar-refractivity contribution < 1.29 is 19.5 Å². The molecule has 2 aliphatic rings. The van der Waals surface area contributed by atoms with E-state index in [-0.39, 0.29) is 24.1 Å². The first-order valence-electron chi connectivity index (χ1n) is 7.13. The topological polar surface area (TPSA) is 87.6 Å². The number of nitrogens with zero attached hydrogens (tertiary/aromatic N) is 2. The van der Waals surface area contributed by atoms with Gasteiger partial charge >= 0.3 is 5.97 Å². The fraction of sp³-hybridized carbons (Fsp3) is 0.467. The lowest BCUT2D eigenvalue weighted by atomic mass is 9.79. The van der Waals surface area contributed by atoms with Crippen molar-refractivity contribution in [3.8, 4) is 0 Å². The van der Waals surface area contributed by atoms with Crippen LogP contribution in [0.2, 0.25) is 0 Å². The lowest BCUT2D eigenvalue weighted by Crippen LogP contribution is -2.40. The van der Waals surface area contributed by atoms with Gasteiger partial charge in [0.1, 0.15) is 5.69 Å². The first-order valence-corrected chi connectivity index (χ1v) is 7.13. The van der Waals surface area contributed by atoms with Crippen molar-refractivity contribution in [1.82, 2.24) is 9.88 Å². The van der Waals surface area contributed by atoms with Crippen LogP contribution in [0.25, 0.3) is 0 Å². The Morgan fingerprint density at radius 2 is 2.05 bits per heavy atom. The Labute approximate surface area is 121 Å². The fourth-order valence-corrected chi connectivity index (χ4v) is 3.27. The molecule has 6 heteroatoms. The maximum absolute atomic E-state index is 12.3. The van der Waals surface area contributed by atoms with Gasteiger partial charge in [-0.3, -0.25) is 24.3 Å². The zero-order chi connectivity index (χ0) is 15.0. The lowest BCUT2D eigenvalue weighted by molar-refractivity contribution is -0.145. The zero-order valence-corrected chi connectivity index (χ0v) is 11.5. The molecule has 0 saturated heterocycles. The highest BCUT2D eigenvalue weighted by Crippen LogP contribution is 2.32. The summed E-state index contributed by atoms with van der Waals surface area (Å²) >= 11 is 0. The molecule has 3 rings (SSSR count). The van der Waals surface area contributed by atoms with Crippen LogP contribution >= 0.6 is 0 Å². The number of fused-ring (bicyclic) bond motifs is 1. The molecule has 21 heavy (non-hydrogen) atoms. The summed E-state index contributed by atoms with van der Waals surface area (Å²) in [5.74, 6) is -2.26. The first-order chi connectivity index (χ1) is 10.1. The number of aromatic nitrogens is 1. The second kappa shape index (κ2) is 5.27. The third-order valence-electron chi connectivity index (χ3n) is 4.37. The van der Waals surface area contributed by atoms with Crippen molar-refractivity contribution in [3.63, 3.8) is 0 Å². The maximum atomic E-state index is 12.3. The predicted octanol–water partition coefficient (Wildman–Crippen LogP) is 1.57. The molecular formula is C15H16N2O4. The summed E-state index contributed by atoms with van der Waals surface area (Å²) in [4.78, 5) is 41.0. The van der Waals surface area contributed by atoms with Crippen molar-refractivity contribution in [2.75, 3.05) is 6.54 Å². The Hall–Kier alpha value is -2.24. The molecule has 2 atom stereocenters. The van der Waals surface area contributed by atoms with Gasteiger partial charge < -0.3 is 5.11 Å². The zero-order valence-electron chi connectivity index (χ0n) is 11.5. The van der Waals surface area contributed by atoms with Crippen LogP contribution in [0.5, 0.6) is 0 Å². The highest BCUT2D eigenvalue weighted by Gasteiger charge is 2.40. The highest BCUT2D eigenvalue weighted by atomic mass is 16.4. The van der Waals surface area contributed by atoms with Crippen LogP contribution in [-0.2, 0) is 4.79 Å². The summed E-state index contributed by atoms with van der Waals surface area (Å²) in [6.45, 7) is 0.172. The van der Waals surface area contributed by atoms with Gasteiger partial charge in [0.05, 0.1) is 11.5 Å². The van der Waals surface area contributed by atoms with Crippen molar-refractivity contribution >= 4 is 17.8 Å². The molecule has 1 aliphatic heterocycles. The number of carbonyl (C=O) groups is 3. The number of rotatable bonds is 3. The molecule has 0 bridgehead atoms. The number of carboxylic acids is 1. The maximum Gasteiger partial charge on any atom is 0.306 e. The van der Waals surface area contributed by atoms with Crippen LogP contribution in [0, 0.1) is 11.8 Å². The normalized spacial score (nSPS) is 25.0. The Morgan fingerprint density at radius 3 is 2.76 bits per heavy atom. The number of hydrogen-bond acceptors (Lipinski definition) is 4. The quantitative estimate of drug-likeness (QED) is 0.853. The van der Waals surface area contributed by atoms with E-state index in [1.807, 2.05) is 0 Å². The molecule has 1 aromatic heterocycles. The van der Waals surface area contributed by atoms with E-state index in [1.54, 1.807) is 12.1 Å². The number of carbonyl (C=O) groups excluding carboxylic acids is 2. The first kappa shape index (κ1) is 13.7.